The molecule has 1 fully saturated rings. The summed E-state index contributed by atoms with van der Waals surface area (Å²) in [5.41, 5.74) is 0. The zero-order valence-corrected chi connectivity index (χ0v) is 9.48. The predicted octanol–water partition coefficient (Wildman–Crippen LogP) is 1.86. The molecule has 0 saturated carbocycles. The van der Waals surface area contributed by atoms with Crippen LogP contribution in [0.5, 0.6) is 0 Å². The van der Waals surface area contributed by atoms with Crippen LogP contribution in [0.25, 0.3) is 0 Å². The van der Waals surface area contributed by atoms with Gasteiger partial charge in [0, 0.05) is 5.92 Å². The van der Waals surface area contributed by atoms with Crippen molar-refractivity contribution in [1.29, 1.82) is 0 Å². The summed E-state index contributed by atoms with van der Waals surface area (Å²) in [6, 6.07) is 0. The molecule has 0 amide bonds. The number of rotatable bonds is 2. The largest absolute Gasteiger partial charge is 0.390 e. The number of aliphatic hydroxyl groups is 1. The van der Waals surface area contributed by atoms with E-state index in [1.807, 2.05) is 13.8 Å². The van der Waals surface area contributed by atoms with Gasteiger partial charge >= 0.3 is 0 Å². The molecule has 1 heterocycles. The summed E-state index contributed by atoms with van der Waals surface area (Å²) in [5.74, 6) is -0.300. The van der Waals surface area contributed by atoms with Crippen LogP contribution >= 0.6 is 0 Å². The first kappa shape index (κ1) is 11.1. The quantitative estimate of drug-likeness (QED) is 0.710. The van der Waals surface area contributed by atoms with E-state index in [4.69, 9.17) is 9.47 Å². The van der Waals surface area contributed by atoms with Crippen LogP contribution in [0, 0.1) is 5.92 Å². The summed E-state index contributed by atoms with van der Waals surface area (Å²) >= 11 is 0. The lowest BCUT2D eigenvalue weighted by atomic mass is 9.88. The maximum absolute atomic E-state index is 10.1. The van der Waals surface area contributed by atoms with Crippen LogP contribution in [0.15, 0.2) is 12.2 Å². The van der Waals surface area contributed by atoms with Crippen molar-refractivity contribution in [3.8, 4) is 0 Å². The van der Waals surface area contributed by atoms with Gasteiger partial charge in [0.15, 0.2) is 5.79 Å². The lowest BCUT2D eigenvalue weighted by molar-refractivity contribution is -0.154. The van der Waals surface area contributed by atoms with Crippen molar-refractivity contribution < 1.29 is 14.6 Å². The predicted molar refractivity (Wildman–Crippen MR) is 57.4 cm³/mol. The van der Waals surface area contributed by atoms with Gasteiger partial charge in [-0.25, -0.2) is 0 Å². The molecule has 0 radical (unpaired) electrons. The van der Waals surface area contributed by atoms with E-state index in [9.17, 15) is 5.11 Å². The van der Waals surface area contributed by atoms with Crippen LogP contribution in [-0.2, 0) is 9.47 Å². The fourth-order valence-electron chi connectivity index (χ4n) is 2.28. The van der Waals surface area contributed by atoms with Crippen molar-refractivity contribution >= 4 is 0 Å². The van der Waals surface area contributed by atoms with Crippen molar-refractivity contribution in [2.45, 2.75) is 51.1 Å². The lowest BCUT2D eigenvalue weighted by Crippen LogP contribution is -2.36. The number of allylic oxidation sites excluding steroid dienone is 1. The van der Waals surface area contributed by atoms with Gasteiger partial charge in [-0.2, -0.15) is 0 Å². The summed E-state index contributed by atoms with van der Waals surface area (Å²) in [5, 5.41) is 10.1. The average molecular weight is 212 g/mol. The second-order valence-electron chi connectivity index (χ2n) is 4.88. The van der Waals surface area contributed by atoms with Crippen molar-refractivity contribution in [1.82, 2.24) is 0 Å². The van der Waals surface area contributed by atoms with Gasteiger partial charge in [0.05, 0.1) is 12.7 Å². The molecule has 0 spiro atoms. The molecule has 3 atom stereocenters. The Balaban J connectivity index is 1.93. The first-order valence-corrected chi connectivity index (χ1v) is 5.75. The van der Waals surface area contributed by atoms with E-state index in [0.717, 1.165) is 19.3 Å². The van der Waals surface area contributed by atoms with Crippen LogP contribution in [0.2, 0.25) is 0 Å². The fraction of sp³-hybridized carbons (Fsp3) is 0.833. The van der Waals surface area contributed by atoms with Crippen LogP contribution in [0.1, 0.15) is 33.1 Å². The highest BCUT2D eigenvalue weighted by molar-refractivity contribution is 4.98. The molecule has 2 rings (SSSR count). The molecule has 0 aromatic carbocycles. The van der Waals surface area contributed by atoms with Gasteiger partial charge < -0.3 is 14.6 Å². The van der Waals surface area contributed by atoms with Crippen LogP contribution in [0.3, 0.4) is 0 Å². The van der Waals surface area contributed by atoms with E-state index < -0.39 is 11.9 Å². The molecule has 86 valence electrons. The molecule has 0 aromatic heterocycles. The van der Waals surface area contributed by atoms with Crippen LogP contribution < -0.4 is 0 Å². The minimum absolute atomic E-state index is 0.173. The molecule has 3 heteroatoms. The molecule has 0 bridgehead atoms. The fourth-order valence-corrected chi connectivity index (χ4v) is 2.28. The van der Waals surface area contributed by atoms with E-state index in [2.05, 4.69) is 12.2 Å². The highest BCUT2D eigenvalue weighted by Crippen LogP contribution is 2.30. The summed E-state index contributed by atoms with van der Waals surface area (Å²) < 4.78 is 11.1. The topological polar surface area (TPSA) is 38.7 Å². The monoisotopic (exact) mass is 212 g/mol. The number of hydrogen-bond acceptors (Lipinski definition) is 3. The number of aliphatic hydroxyl groups excluding tert-OH is 1. The summed E-state index contributed by atoms with van der Waals surface area (Å²) in [4.78, 5) is 0. The Kier molecular flexibility index (Phi) is 3.14. The molecule has 3 nitrogen and oxygen atoms in total. The van der Waals surface area contributed by atoms with E-state index in [-0.39, 0.29) is 12.0 Å². The Morgan fingerprint density at radius 2 is 2.27 bits per heavy atom. The molecule has 1 aliphatic carbocycles. The summed E-state index contributed by atoms with van der Waals surface area (Å²) in [6.45, 7) is 4.27. The van der Waals surface area contributed by atoms with E-state index in [1.165, 1.54) is 0 Å². The summed E-state index contributed by atoms with van der Waals surface area (Å²) in [6.07, 6.45) is 7.02. The van der Waals surface area contributed by atoms with Crippen molar-refractivity contribution in [2.75, 3.05) is 6.61 Å². The Labute approximate surface area is 91.1 Å². The first-order valence-electron chi connectivity index (χ1n) is 5.75. The standard InChI is InChI=1S/C12H20O3/c1-12(2)14-8-10(15-12)11(13)9-6-4-3-5-7-9/h4,6,9-11,13H,3,5,7-8H2,1-2H3/t9-,10-,11-/m1/s1. The maximum atomic E-state index is 10.1. The molecule has 1 saturated heterocycles. The van der Waals surface area contributed by atoms with Gasteiger partial charge in [-0.15, -0.1) is 0 Å². The second kappa shape index (κ2) is 4.24. The highest BCUT2D eigenvalue weighted by atomic mass is 16.7. The third kappa shape index (κ3) is 2.60. The smallest absolute Gasteiger partial charge is 0.163 e. The first-order chi connectivity index (χ1) is 7.08. The van der Waals surface area contributed by atoms with Crippen LogP contribution in [-0.4, -0.2) is 29.7 Å². The minimum Gasteiger partial charge on any atom is -0.390 e. The van der Waals surface area contributed by atoms with Gasteiger partial charge in [-0.3, -0.25) is 0 Å². The van der Waals surface area contributed by atoms with Crippen molar-refractivity contribution in [3.05, 3.63) is 12.2 Å². The third-order valence-electron chi connectivity index (χ3n) is 3.14. The Hall–Kier alpha value is -0.380. The second-order valence-corrected chi connectivity index (χ2v) is 4.88. The Morgan fingerprint density at radius 1 is 1.47 bits per heavy atom. The van der Waals surface area contributed by atoms with Gasteiger partial charge in [0.25, 0.3) is 0 Å². The van der Waals surface area contributed by atoms with Gasteiger partial charge in [-0.05, 0) is 33.1 Å². The van der Waals surface area contributed by atoms with Crippen LogP contribution in [0.4, 0.5) is 0 Å². The van der Waals surface area contributed by atoms with E-state index >= 15 is 0 Å². The minimum atomic E-state index is -0.538. The molecule has 0 aromatic rings. The van der Waals surface area contributed by atoms with E-state index in [1.54, 1.807) is 0 Å². The van der Waals surface area contributed by atoms with E-state index in [0.29, 0.717) is 6.61 Å². The number of hydrogen-bond donors (Lipinski definition) is 1. The third-order valence-corrected chi connectivity index (χ3v) is 3.14. The molecule has 1 N–H and O–H groups in total. The average Bonchev–Trinajstić information content (AvgIpc) is 2.59. The SMILES string of the molecule is CC1(C)OC[C@H]([C@H](O)[C@@H]2C=CCCC2)O1. The molecular weight excluding hydrogens is 192 g/mol. The zero-order valence-electron chi connectivity index (χ0n) is 9.48. The van der Waals surface area contributed by atoms with Gasteiger partial charge in [0.2, 0.25) is 0 Å². The van der Waals surface area contributed by atoms with Crippen molar-refractivity contribution in [3.63, 3.8) is 0 Å². The lowest BCUT2D eigenvalue weighted by Gasteiger charge is -2.27. The molecule has 2 aliphatic rings. The maximum Gasteiger partial charge on any atom is 0.163 e. The number of ether oxygens (including phenoxy) is 2. The zero-order chi connectivity index (χ0) is 10.9. The Bertz CT molecular complexity index is 247. The normalized spacial score (nSPS) is 36.7. The molecule has 1 aliphatic heterocycles. The van der Waals surface area contributed by atoms with Gasteiger partial charge in [-0.1, -0.05) is 12.2 Å². The molecule has 0 unspecified atom stereocenters. The molecular formula is C12H20O3. The molecule has 15 heavy (non-hydrogen) atoms. The van der Waals surface area contributed by atoms with Gasteiger partial charge in [0.1, 0.15) is 6.10 Å². The Morgan fingerprint density at radius 3 is 2.80 bits per heavy atom. The highest BCUT2D eigenvalue weighted by Gasteiger charge is 2.39. The van der Waals surface area contributed by atoms with Crippen molar-refractivity contribution in [2.24, 2.45) is 5.92 Å². The summed E-state index contributed by atoms with van der Waals surface area (Å²) in [7, 11) is 0.